The molecule has 1 rings (SSSR count). The smallest absolute Gasteiger partial charge is 0.255 e. The zero-order valence-corrected chi connectivity index (χ0v) is 11.0. The third kappa shape index (κ3) is 3.73. The molecular weight excluding hydrogens is 214 g/mol. The van der Waals surface area contributed by atoms with Crippen LogP contribution in [0.5, 0.6) is 0 Å². The van der Waals surface area contributed by atoms with Crippen LogP contribution in [0, 0.1) is 0 Å². The standard InChI is InChI=1S/C13H21N3O/c1-5-8-13(2,3)16-12(17)10-7-6-9-15-11(10)14-4/h6-7,9H,5,8H2,1-4H3,(H,14,15)(H,16,17). The molecule has 0 spiro atoms. The van der Waals surface area contributed by atoms with Crippen LogP contribution in [-0.4, -0.2) is 23.5 Å². The Hall–Kier alpha value is -1.58. The van der Waals surface area contributed by atoms with E-state index in [1.54, 1.807) is 25.4 Å². The van der Waals surface area contributed by atoms with Gasteiger partial charge in [0.05, 0.1) is 5.56 Å². The van der Waals surface area contributed by atoms with E-state index in [2.05, 4.69) is 22.5 Å². The Balaban J connectivity index is 2.83. The van der Waals surface area contributed by atoms with Crippen LogP contribution in [0.4, 0.5) is 5.82 Å². The molecule has 0 fully saturated rings. The molecule has 4 heteroatoms. The maximum atomic E-state index is 12.1. The molecule has 0 aromatic carbocycles. The fraction of sp³-hybridized carbons (Fsp3) is 0.538. The van der Waals surface area contributed by atoms with Gasteiger partial charge < -0.3 is 10.6 Å². The lowest BCUT2D eigenvalue weighted by molar-refractivity contribution is 0.0909. The van der Waals surface area contributed by atoms with Gasteiger partial charge in [-0.2, -0.15) is 0 Å². The van der Waals surface area contributed by atoms with Gasteiger partial charge in [-0.1, -0.05) is 13.3 Å². The second kappa shape index (κ2) is 5.66. The third-order valence-corrected chi connectivity index (χ3v) is 2.62. The fourth-order valence-electron chi connectivity index (χ4n) is 1.85. The molecule has 1 heterocycles. The lowest BCUT2D eigenvalue weighted by Crippen LogP contribution is -2.43. The first-order valence-corrected chi connectivity index (χ1v) is 5.95. The van der Waals surface area contributed by atoms with Gasteiger partial charge in [0.2, 0.25) is 0 Å². The Morgan fingerprint density at radius 1 is 1.47 bits per heavy atom. The average Bonchev–Trinajstić information content (AvgIpc) is 2.28. The molecule has 0 bridgehead atoms. The molecule has 0 aliphatic heterocycles. The van der Waals surface area contributed by atoms with Crippen molar-refractivity contribution in [3.05, 3.63) is 23.9 Å². The van der Waals surface area contributed by atoms with E-state index >= 15 is 0 Å². The number of nitrogens with one attached hydrogen (secondary N) is 2. The zero-order chi connectivity index (χ0) is 12.9. The molecule has 0 saturated carbocycles. The third-order valence-electron chi connectivity index (χ3n) is 2.62. The SMILES string of the molecule is CCCC(C)(C)NC(=O)c1cccnc1NC. The first-order chi connectivity index (χ1) is 8.00. The van der Waals surface area contributed by atoms with Crippen LogP contribution in [0.2, 0.25) is 0 Å². The number of rotatable bonds is 5. The van der Waals surface area contributed by atoms with E-state index in [0.29, 0.717) is 11.4 Å². The lowest BCUT2D eigenvalue weighted by atomic mass is 9.98. The number of anilines is 1. The van der Waals surface area contributed by atoms with Crippen LogP contribution >= 0.6 is 0 Å². The fourth-order valence-corrected chi connectivity index (χ4v) is 1.85. The molecule has 0 unspecified atom stereocenters. The highest BCUT2D eigenvalue weighted by molar-refractivity contribution is 5.99. The number of amides is 1. The summed E-state index contributed by atoms with van der Waals surface area (Å²) in [5.74, 6) is 0.526. The summed E-state index contributed by atoms with van der Waals surface area (Å²) in [6.45, 7) is 6.17. The summed E-state index contributed by atoms with van der Waals surface area (Å²) in [5, 5.41) is 5.95. The van der Waals surface area contributed by atoms with Crippen molar-refractivity contribution >= 4 is 11.7 Å². The van der Waals surface area contributed by atoms with E-state index in [0.717, 1.165) is 12.8 Å². The molecule has 1 aromatic heterocycles. The monoisotopic (exact) mass is 235 g/mol. The van der Waals surface area contributed by atoms with Crippen molar-refractivity contribution in [3.63, 3.8) is 0 Å². The maximum Gasteiger partial charge on any atom is 0.255 e. The number of carbonyl (C=O) groups excluding carboxylic acids is 1. The van der Waals surface area contributed by atoms with Gasteiger partial charge in [-0.05, 0) is 32.4 Å². The summed E-state index contributed by atoms with van der Waals surface area (Å²) in [5.41, 5.74) is 0.395. The molecule has 1 aromatic rings. The van der Waals surface area contributed by atoms with Crippen LogP contribution in [-0.2, 0) is 0 Å². The van der Waals surface area contributed by atoms with Gasteiger partial charge in [0, 0.05) is 18.8 Å². The van der Waals surface area contributed by atoms with Gasteiger partial charge >= 0.3 is 0 Å². The van der Waals surface area contributed by atoms with E-state index in [1.165, 1.54) is 0 Å². The van der Waals surface area contributed by atoms with E-state index in [4.69, 9.17) is 0 Å². The molecule has 0 radical (unpaired) electrons. The largest absolute Gasteiger partial charge is 0.372 e. The number of hydrogen-bond donors (Lipinski definition) is 2. The van der Waals surface area contributed by atoms with E-state index < -0.39 is 0 Å². The highest BCUT2D eigenvalue weighted by Gasteiger charge is 2.21. The van der Waals surface area contributed by atoms with Gasteiger partial charge in [0.1, 0.15) is 5.82 Å². The topological polar surface area (TPSA) is 54.0 Å². The number of hydrogen-bond acceptors (Lipinski definition) is 3. The van der Waals surface area contributed by atoms with Crippen molar-refractivity contribution < 1.29 is 4.79 Å². The van der Waals surface area contributed by atoms with E-state index in [-0.39, 0.29) is 11.4 Å². The quantitative estimate of drug-likeness (QED) is 0.824. The Labute approximate surface area is 103 Å². The van der Waals surface area contributed by atoms with Crippen molar-refractivity contribution in [1.29, 1.82) is 0 Å². The normalized spacial score (nSPS) is 11.1. The highest BCUT2D eigenvalue weighted by atomic mass is 16.1. The van der Waals surface area contributed by atoms with Crippen molar-refractivity contribution in [2.24, 2.45) is 0 Å². The molecule has 0 aliphatic rings. The Morgan fingerprint density at radius 3 is 2.76 bits per heavy atom. The predicted octanol–water partition coefficient (Wildman–Crippen LogP) is 2.43. The first kappa shape index (κ1) is 13.5. The number of carbonyl (C=O) groups is 1. The van der Waals surface area contributed by atoms with Gasteiger partial charge in [0.25, 0.3) is 5.91 Å². The van der Waals surface area contributed by atoms with Crippen LogP contribution < -0.4 is 10.6 Å². The van der Waals surface area contributed by atoms with E-state index in [1.807, 2.05) is 13.8 Å². The number of nitrogens with zero attached hydrogens (tertiary/aromatic N) is 1. The molecule has 0 aliphatic carbocycles. The molecule has 2 N–H and O–H groups in total. The summed E-state index contributed by atoms with van der Waals surface area (Å²) in [7, 11) is 1.76. The van der Waals surface area contributed by atoms with Gasteiger partial charge in [-0.25, -0.2) is 4.98 Å². The maximum absolute atomic E-state index is 12.1. The van der Waals surface area contributed by atoms with Crippen molar-refractivity contribution in [2.75, 3.05) is 12.4 Å². The Bertz CT molecular complexity index is 388. The summed E-state index contributed by atoms with van der Waals surface area (Å²) in [4.78, 5) is 16.2. The number of aromatic nitrogens is 1. The summed E-state index contributed by atoms with van der Waals surface area (Å²) in [6, 6.07) is 3.54. The molecular formula is C13H21N3O. The Kier molecular flexibility index (Phi) is 4.49. The summed E-state index contributed by atoms with van der Waals surface area (Å²) in [6.07, 6.45) is 3.66. The minimum Gasteiger partial charge on any atom is -0.372 e. The van der Waals surface area contributed by atoms with Crippen LogP contribution in [0.25, 0.3) is 0 Å². The molecule has 94 valence electrons. The second-order valence-electron chi connectivity index (χ2n) is 4.74. The Morgan fingerprint density at radius 2 is 2.18 bits per heavy atom. The zero-order valence-electron chi connectivity index (χ0n) is 11.0. The first-order valence-electron chi connectivity index (χ1n) is 5.95. The van der Waals surface area contributed by atoms with E-state index in [9.17, 15) is 4.79 Å². The van der Waals surface area contributed by atoms with Gasteiger partial charge in [0.15, 0.2) is 0 Å². The van der Waals surface area contributed by atoms with Gasteiger partial charge in [-0.3, -0.25) is 4.79 Å². The van der Waals surface area contributed by atoms with Crippen molar-refractivity contribution in [1.82, 2.24) is 10.3 Å². The average molecular weight is 235 g/mol. The molecule has 0 saturated heterocycles. The second-order valence-corrected chi connectivity index (χ2v) is 4.74. The van der Waals surface area contributed by atoms with Crippen LogP contribution in [0.1, 0.15) is 44.0 Å². The van der Waals surface area contributed by atoms with Crippen molar-refractivity contribution in [3.8, 4) is 0 Å². The van der Waals surface area contributed by atoms with Crippen LogP contribution in [0.15, 0.2) is 18.3 Å². The van der Waals surface area contributed by atoms with Crippen molar-refractivity contribution in [2.45, 2.75) is 39.2 Å². The summed E-state index contributed by atoms with van der Waals surface area (Å²) >= 11 is 0. The minimum atomic E-state index is -0.188. The van der Waals surface area contributed by atoms with Crippen LogP contribution in [0.3, 0.4) is 0 Å². The molecule has 0 atom stereocenters. The molecule has 1 amide bonds. The molecule has 4 nitrogen and oxygen atoms in total. The number of pyridine rings is 1. The lowest BCUT2D eigenvalue weighted by Gasteiger charge is -2.26. The minimum absolute atomic E-state index is 0.0825. The highest BCUT2D eigenvalue weighted by Crippen LogP contribution is 2.15. The van der Waals surface area contributed by atoms with Gasteiger partial charge in [-0.15, -0.1) is 0 Å². The predicted molar refractivity (Wildman–Crippen MR) is 70.2 cm³/mol. The molecule has 17 heavy (non-hydrogen) atoms. The summed E-state index contributed by atoms with van der Waals surface area (Å²) < 4.78 is 0.